The van der Waals surface area contributed by atoms with Crippen LogP contribution in [0.2, 0.25) is 0 Å². The Balaban J connectivity index is 1.94. The van der Waals surface area contributed by atoms with E-state index in [1.807, 2.05) is 33.7 Å². The second kappa shape index (κ2) is 6.05. The molecule has 21 heavy (non-hydrogen) atoms. The third kappa shape index (κ3) is 2.67. The van der Waals surface area contributed by atoms with Gasteiger partial charge in [0.2, 0.25) is 0 Å². The van der Waals surface area contributed by atoms with Crippen LogP contribution in [0.15, 0.2) is 36.9 Å². The quantitative estimate of drug-likeness (QED) is 0.750. The molecule has 0 saturated carbocycles. The number of fused-ring (bicyclic) bond motifs is 1. The standard InChI is InChI=1S/C15H20N6/c1-3-16-13(9-15-17-11-19-20(15)4-2)12-10-18-21-8-6-5-7-14(12)21/h5-8,10-11,13,16H,3-4,9H2,1-2H3. The highest BCUT2D eigenvalue weighted by Crippen LogP contribution is 2.22. The lowest BCUT2D eigenvalue weighted by Gasteiger charge is -2.17. The summed E-state index contributed by atoms with van der Waals surface area (Å²) in [6.45, 7) is 5.93. The number of hydrogen-bond donors (Lipinski definition) is 1. The molecule has 0 saturated heterocycles. The number of nitrogens with zero attached hydrogens (tertiary/aromatic N) is 5. The third-order valence-electron chi connectivity index (χ3n) is 3.66. The number of aryl methyl sites for hydroxylation is 1. The van der Waals surface area contributed by atoms with Crippen LogP contribution in [-0.4, -0.2) is 30.9 Å². The normalized spacial score (nSPS) is 12.9. The molecule has 110 valence electrons. The zero-order valence-electron chi connectivity index (χ0n) is 12.4. The van der Waals surface area contributed by atoms with E-state index < -0.39 is 0 Å². The van der Waals surface area contributed by atoms with Gasteiger partial charge in [-0.15, -0.1) is 0 Å². The van der Waals surface area contributed by atoms with Crippen LogP contribution in [0, 0.1) is 0 Å². The molecule has 0 bridgehead atoms. The lowest BCUT2D eigenvalue weighted by molar-refractivity contribution is 0.512. The first-order valence-electron chi connectivity index (χ1n) is 7.35. The van der Waals surface area contributed by atoms with E-state index in [2.05, 4.69) is 40.4 Å². The highest BCUT2D eigenvalue weighted by Gasteiger charge is 2.18. The van der Waals surface area contributed by atoms with Crippen molar-refractivity contribution in [1.29, 1.82) is 0 Å². The van der Waals surface area contributed by atoms with E-state index in [1.54, 1.807) is 6.33 Å². The summed E-state index contributed by atoms with van der Waals surface area (Å²) in [5.41, 5.74) is 2.33. The van der Waals surface area contributed by atoms with Crippen LogP contribution >= 0.6 is 0 Å². The molecule has 0 aliphatic heterocycles. The Bertz CT molecular complexity index is 714. The molecule has 0 fully saturated rings. The predicted molar refractivity (Wildman–Crippen MR) is 81.0 cm³/mol. The Morgan fingerprint density at radius 3 is 2.95 bits per heavy atom. The zero-order chi connectivity index (χ0) is 14.7. The van der Waals surface area contributed by atoms with Gasteiger partial charge in [0.05, 0.1) is 11.7 Å². The molecule has 1 N–H and O–H groups in total. The first kappa shape index (κ1) is 13.8. The van der Waals surface area contributed by atoms with Crippen LogP contribution in [0.4, 0.5) is 0 Å². The van der Waals surface area contributed by atoms with Gasteiger partial charge < -0.3 is 5.32 Å². The first-order chi connectivity index (χ1) is 10.3. The highest BCUT2D eigenvalue weighted by atomic mass is 15.3. The minimum atomic E-state index is 0.185. The molecular weight excluding hydrogens is 264 g/mol. The molecule has 3 aromatic rings. The van der Waals surface area contributed by atoms with Crippen LogP contribution in [-0.2, 0) is 13.0 Å². The number of aromatic nitrogens is 5. The first-order valence-corrected chi connectivity index (χ1v) is 7.35. The average molecular weight is 284 g/mol. The Labute approximate surface area is 123 Å². The minimum Gasteiger partial charge on any atom is -0.310 e. The van der Waals surface area contributed by atoms with Crippen molar-refractivity contribution in [2.75, 3.05) is 6.54 Å². The van der Waals surface area contributed by atoms with Gasteiger partial charge in [-0.25, -0.2) is 9.50 Å². The topological polar surface area (TPSA) is 60.0 Å². The van der Waals surface area contributed by atoms with Gasteiger partial charge in [-0.05, 0) is 25.6 Å². The fourth-order valence-electron chi connectivity index (χ4n) is 2.65. The molecule has 0 radical (unpaired) electrons. The Hall–Kier alpha value is -2.21. The predicted octanol–water partition coefficient (Wildman–Crippen LogP) is 1.84. The van der Waals surface area contributed by atoms with Crippen molar-refractivity contribution < 1.29 is 0 Å². The van der Waals surface area contributed by atoms with Crippen molar-refractivity contribution in [3.8, 4) is 0 Å². The summed E-state index contributed by atoms with van der Waals surface area (Å²) >= 11 is 0. The van der Waals surface area contributed by atoms with Gasteiger partial charge in [-0.1, -0.05) is 13.0 Å². The summed E-state index contributed by atoms with van der Waals surface area (Å²) in [5, 5.41) is 12.2. The summed E-state index contributed by atoms with van der Waals surface area (Å²) in [6.07, 6.45) is 6.33. The zero-order valence-corrected chi connectivity index (χ0v) is 12.4. The molecule has 0 aromatic carbocycles. The van der Waals surface area contributed by atoms with Crippen LogP contribution in [0.25, 0.3) is 5.52 Å². The molecule has 1 unspecified atom stereocenters. The minimum absolute atomic E-state index is 0.185. The Kier molecular flexibility index (Phi) is 3.96. The average Bonchev–Trinajstić information content (AvgIpc) is 3.12. The summed E-state index contributed by atoms with van der Waals surface area (Å²) in [6, 6.07) is 6.30. The van der Waals surface area contributed by atoms with Crippen molar-refractivity contribution in [2.45, 2.75) is 32.9 Å². The number of rotatable bonds is 6. The molecule has 3 heterocycles. The van der Waals surface area contributed by atoms with Gasteiger partial charge in [0.15, 0.2) is 0 Å². The number of hydrogen-bond acceptors (Lipinski definition) is 4. The maximum Gasteiger partial charge on any atom is 0.138 e. The molecular formula is C15H20N6. The van der Waals surface area contributed by atoms with E-state index >= 15 is 0 Å². The van der Waals surface area contributed by atoms with Gasteiger partial charge in [0.1, 0.15) is 12.2 Å². The van der Waals surface area contributed by atoms with Crippen LogP contribution < -0.4 is 5.32 Å². The molecule has 0 aliphatic carbocycles. The van der Waals surface area contributed by atoms with E-state index in [1.165, 1.54) is 5.56 Å². The monoisotopic (exact) mass is 284 g/mol. The number of likely N-dealkylation sites (N-methyl/N-ethyl adjacent to an activating group) is 1. The Morgan fingerprint density at radius 2 is 2.14 bits per heavy atom. The van der Waals surface area contributed by atoms with Gasteiger partial charge in [-0.2, -0.15) is 10.2 Å². The maximum atomic E-state index is 4.43. The highest BCUT2D eigenvalue weighted by molar-refractivity contribution is 5.55. The molecule has 1 atom stereocenters. The summed E-state index contributed by atoms with van der Waals surface area (Å²) < 4.78 is 3.85. The fraction of sp³-hybridized carbons (Fsp3) is 0.400. The van der Waals surface area contributed by atoms with E-state index in [9.17, 15) is 0 Å². The van der Waals surface area contributed by atoms with Crippen molar-refractivity contribution in [3.05, 3.63) is 48.3 Å². The van der Waals surface area contributed by atoms with Crippen LogP contribution in [0.5, 0.6) is 0 Å². The molecule has 0 amide bonds. The molecule has 3 rings (SSSR count). The molecule has 3 aromatic heterocycles. The Morgan fingerprint density at radius 1 is 1.24 bits per heavy atom. The second-order valence-electron chi connectivity index (χ2n) is 4.94. The second-order valence-corrected chi connectivity index (χ2v) is 4.94. The summed E-state index contributed by atoms with van der Waals surface area (Å²) in [7, 11) is 0. The van der Waals surface area contributed by atoms with E-state index in [0.29, 0.717) is 0 Å². The number of nitrogens with one attached hydrogen (secondary N) is 1. The summed E-state index contributed by atoms with van der Waals surface area (Å²) in [5.74, 6) is 0.999. The largest absolute Gasteiger partial charge is 0.310 e. The maximum absolute atomic E-state index is 4.43. The van der Waals surface area contributed by atoms with Crippen molar-refractivity contribution in [1.82, 2.24) is 29.7 Å². The number of pyridine rings is 1. The van der Waals surface area contributed by atoms with Gasteiger partial charge in [-0.3, -0.25) is 4.68 Å². The van der Waals surface area contributed by atoms with E-state index in [-0.39, 0.29) is 6.04 Å². The molecule has 0 aliphatic rings. The van der Waals surface area contributed by atoms with Crippen molar-refractivity contribution in [3.63, 3.8) is 0 Å². The van der Waals surface area contributed by atoms with Crippen molar-refractivity contribution >= 4 is 5.52 Å². The van der Waals surface area contributed by atoms with Crippen molar-refractivity contribution in [2.24, 2.45) is 0 Å². The van der Waals surface area contributed by atoms with Crippen LogP contribution in [0.3, 0.4) is 0 Å². The fourth-order valence-corrected chi connectivity index (χ4v) is 2.65. The SMILES string of the molecule is CCNC(Cc1ncnn1CC)c1cnn2ccccc12. The molecule has 6 heteroatoms. The van der Waals surface area contributed by atoms with E-state index in [0.717, 1.165) is 30.9 Å². The van der Waals surface area contributed by atoms with Crippen LogP contribution in [0.1, 0.15) is 31.3 Å². The lowest BCUT2D eigenvalue weighted by atomic mass is 10.0. The lowest BCUT2D eigenvalue weighted by Crippen LogP contribution is -2.24. The van der Waals surface area contributed by atoms with Gasteiger partial charge in [0.25, 0.3) is 0 Å². The third-order valence-corrected chi connectivity index (χ3v) is 3.66. The van der Waals surface area contributed by atoms with Gasteiger partial charge in [0, 0.05) is 30.8 Å². The van der Waals surface area contributed by atoms with E-state index in [4.69, 9.17) is 0 Å². The smallest absolute Gasteiger partial charge is 0.138 e. The molecule has 0 spiro atoms. The molecule has 6 nitrogen and oxygen atoms in total. The summed E-state index contributed by atoms with van der Waals surface area (Å²) in [4.78, 5) is 4.38. The van der Waals surface area contributed by atoms with Gasteiger partial charge >= 0.3 is 0 Å².